The van der Waals surface area contributed by atoms with Gasteiger partial charge in [0.25, 0.3) is 0 Å². The van der Waals surface area contributed by atoms with Crippen molar-refractivity contribution in [2.24, 2.45) is 7.05 Å². The molecule has 1 aromatic heterocycles. The van der Waals surface area contributed by atoms with Crippen LogP contribution >= 0.6 is 0 Å². The van der Waals surface area contributed by atoms with E-state index in [1.54, 1.807) is 0 Å². The van der Waals surface area contributed by atoms with Crippen molar-refractivity contribution in [2.45, 2.75) is 6.92 Å². The van der Waals surface area contributed by atoms with Crippen molar-refractivity contribution in [1.29, 1.82) is 0 Å². The first-order chi connectivity index (χ1) is 6.29. The Bertz CT molecular complexity index is 409. The Kier molecular flexibility index (Phi) is 3.55. The van der Waals surface area contributed by atoms with Gasteiger partial charge >= 0.3 is 0 Å². The second kappa shape index (κ2) is 4.49. The Morgan fingerprint density at radius 2 is 2.07 bits per heavy atom. The summed E-state index contributed by atoms with van der Waals surface area (Å²) in [6.07, 6.45) is 0. The van der Waals surface area contributed by atoms with Gasteiger partial charge in [-0.15, -0.1) is 41.0 Å². The van der Waals surface area contributed by atoms with Crippen LogP contribution in [0.3, 0.4) is 0 Å². The Balaban J connectivity index is 0.000000980. The molecule has 1 radical (unpaired) electrons. The fourth-order valence-corrected chi connectivity index (χ4v) is 1.17. The van der Waals surface area contributed by atoms with Crippen LogP contribution in [0.25, 0.3) is 11.4 Å². The zero-order valence-electron chi connectivity index (χ0n) is 7.98. The maximum atomic E-state index is 4.07. The molecule has 1 aromatic carbocycles. The minimum atomic E-state index is 0. The molecule has 0 amide bonds. The summed E-state index contributed by atoms with van der Waals surface area (Å²) in [4.78, 5) is 0. The van der Waals surface area contributed by atoms with Crippen molar-refractivity contribution in [1.82, 2.24) is 14.8 Å². The standard InChI is InChI=1S/C10H10N3.Ir/c1-8-11-12-10(13(8)2)9-6-4-3-5-7-9;/h3-6H,1-2H3;/q-1;. The maximum absolute atomic E-state index is 4.07. The summed E-state index contributed by atoms with van der Waals surface area (Å²) in [7, 11) is 1.95. The van der Waals surface area contributed by atoms with Gasteiger partial charge in [-0.1, -0.05) is 0 Å². The smallest absolute Gasteiger partial charge is 0.120 e. The molecule has 4 heteroatoms. The van der Waals surface area contributed by atoms with E-state index in [9.17, 15) is 0 Å². The zero-order chi connectivity index (χ0) is 9.26. The van der Waals surface area contributed by atoms with E-state index < -0.39 is 0 Å². The summed E-state index contributed by atoms with van der Waals surface area (Å²) in [6.45, 7) is 1.93. The van der Waals surface area contributed by atoms with Crippen molar-refractivity contribution >= 4 is 0 Å². The Morgan fingerprint density at radius 3 is 2.57 bits per heavy atom. The number of nitrogens with zero attached hydrogens (tertiary/aromatic N) is 3. The minimum Gasteiger partial charge on any atom is -0.354 e. The van der Waals surface area contributed by atoms with Crippen LogP contribution in [-0.4, -0.2) is 14.8 Å². The van der Waals surface area contributed by atoms with E-state index in [1.165, 1.54) is 0 Å². The molecule has 0 spiro atoms. The molecule has 0 unspecified atom stereocenters. The quantitative estimate of drug-likeness (QED) is 0.720. The molecule has 0 N–H and O–H groups in total. The second-order valence-electron chi connectivity index (χ2n) is 2.91. The van der Waals surface area contributed by atoms with Crippen molar-refractivity contribution in [2.75, 3.05) is 0 Å². The molecule has 2 aromatic rings. The van der Waals surface area contributed by atoms with Crippen LogP contribution in [0.1, 0.15) is 5.82 Å². The molecule has 2 rings (SSSR count). The molecule has 0 fully saturated rings. The zero-order valence-corrected chi connectivity index (χ0v) is 10.4. The summed E-state index contributed by atoms with van der Waals surface area (Å²) in [5, 5.41) is 8.05. The molecule has 0 atom stereocenters. The Labute approximate surface area is 96.5 Å². The van der Waals surface area contributed by atoms with E-state index in [-0.39, 0.29) is 20.1 Å². The number of aromatic nitrogens is 3. The van der Waals surface area contributed by atoms with Crippen LogP contribution in [0.5, 0.6) is 0 Å². The molecular weight excluding hydrogens is 354 g/mol. The third kappa shape index (κ3) is 1.91. The molecule has 0 saturated heterocycles. The fraction of sp³-hybridized carbons (Fsp3) is 0.200. The number of hydrogen-bond acceptors (Lipinski definition) is 2. The molecule has 14 heavy (non-hydrogen) atoms. The van der Waals surface area contributed by atoms with Crippen LogP contribution in [0.4, 0.5) is 0 Å². The average molecular weight is 364 g/mol. The first-order valence-corrected chi connectivity index (χ1v) is 4.12. The molecule has 3 nitrogen and oxygen atoms in total. The van der Waals surface area contributed by atoms with Crippen LogP contribution < -0.4 is 0 Å². The van der Waals surface area contributed by atoms with Gasteiger partial charge in [0, 0.05) is 27.2 Å². The number of hydrogen-bond donors (Lipinski definition) is 0. The maximum Gasteiger partial charge on any atom is 0.120 e. The van der Waals surface area contributed by atoms with E-state index in [0.29, 0.717) is 0 Å². The second-order valence-corrected chi connectivity index (χ2v) is 2.91. The molecule has 1 heterocycles. The summed E-state index contributed by atoms with van der Waals surface area (Å²) in [5.41, 5.74) is 0.977. The van der Waals surface area contributed by atoms with Gasteiger partial charge in [0.15, 0.2) is 0 Å². The number of benzene rings is 1. The summed E-state index contributed by atoms with van der Waals surface area (Å²) in [6, 6.07) is 10.9. The van der Waals surface area contributed by atoms with Gasteiger partial charge in [0.2, 0.25) is 0 Å². The molecule has 0 aliphatic carbocycles. The molecule has 0 aliphatic heterocycles. The molecule has 0 saturated carbocycles. The van der Waals surface area contributed by atoms with Crippen molar-refractivity contribution in [3.05, 3.63) is 36.2 Å². The van der Waals surface area contributed by atoms with Crippen LogP contribution in [0.15, 0.2) is 24.3 Å². The summed E-state index contributed by atoms with van der Waals surface area (Å²) < 4.78 is 1.95. The van der Waals surface area contributed by atoms with Crippen LogP contribution in [0, 0.1) is 13.0 Å². The third-order valence-electron chi connectivity index (χ3n) is 2.04. The predicted octanol–water partition coefficient (Wildman–Crippen LogP) is 1.59. The first kappa shape index (κ1) is 11.1. The summed E-state index contributed by atoms with van der Waals surface area (Å²) in [5.74, 6) is 1.77. The largest absolute Gasteiger partial charge is 0.354 e. The molecule has 0 aliphatic rings. The first-order valence-electron chi connectivity index (χ1n) is 4.12. The van der Waals surface area contributed by atoms with E-state index in [1.807, 2.05) is 42.8 Å². The van der Waals surface area contributed by atoms with Crippen molar-refractivity contribution in [3.63, 3.8) is 0 Å². The van der Waals surface area contributed by atoms with E-state index >= 15 is 0 Å². The van der Waals surface area contributed by atoms with Crippen LogP contribution in [0.2, 0.25) is 0 Å². The average Bonchev–Trinajstić information content (AvgIpc) is 2.49. The van der Waals surface area contributed by atoms with Crippen molar-refractivity contribution in [3.8, 4) is 11.4 Å². The Hall–Kier alpha value is -0.991. The SMILES string of the molecule is Cc1nnc(-c2[c-]cccc2)n1C.[Ir]. The van der Waals surface area contributed by atoms with Gasteiger partial charge in [0.05, 0.1) is 5.82 Å². The predicted molar refractivity (Wildman–Crippen MR) is 50.0 cm³/mol. The third-order valence-corrected chi connectivity index (χ3v) is 2.04. The van der Waals surface area contributed by atoms with E-state index in [4.69, 9.17) is 0 Å². The monoisotopic (exact) mass is 365 g/mol. The van der Waals surface area contributed by atoms with Crippen LogP contribution in [-0.2, 0) is 27.2 Å². The van der Waals surface area contributed by atoms with Gasteiger partial charge in [-0.25, -0.2) is 0 Å². The van der Waals surface area contributed by atoms with E-state index in [0.717, 1.165) is 17.2 Å². The topological polar surface area (TPSA) is 30.7 Å². The fourth-order valence-electron chi connectivity index (χ4n) is 1.17. The molecular formula is C10H10IrN3-. The Morgan fingerprint density at radius 1 is 1.29 bits per heavy atom. The molecule has 0 bridgehead atoms. The van der Waals surface area contributed by atoms with Gasteiger partial charge < -0.3 is 4.57 Å². The molecule has 75 valence electrons. The van der Waals surface area contributed by atoms with Gasteiger partial charge in [-0.05, 0) is 6.92 Å². The van der Waals surface area contributed by atoms with E-state index in [2.05, 4.69) is 16.3 Å². The normalized spacial score (nSPS) is 9.57. The summed E-state index contributed by atoms with van der Waals surface area (Å²) >= 11 is 0. The van der Waals surface area contributed by atoms with Crippen molar-refractivity contribution < 1.29 is 20.1 Å². The van der Waals surface area contributed by atoms with Gasteiger partial charge in [-0.3, -0.25) is 0 Å². The van der Waals surface area contributed by atoms with Gasteiger partial charge in [-0.2, -0.15) is 5.10 Å². The van der Waals surface area contributed by atoms with Gasteiger partial charge in [0.1, 0.15) is 5.82 Å². The number of rotatable bonds is 1. The number of aryl methyl sites for hydroxylation is 1. The minimum absolute atomic E-state index is 0.